The number of aryl methyl sites for hydroxylation is 1. The zero-order chi connectivity index (χ0) is 20.1. The van der Waals surface area contributed by atoms with Gasteiger partial charge in [0.25, 0.3) is 0 Å². The highest BCUT2D eigenvalue weighted by Crippen LogP contribution is 2.13. The van der Waals surface area contributed by atoms with E-state index >= 15 is 0 Å². The lowest BCUT2D eigenvalue weighted by atomic mass is 10.1. The van der Waals surface area contributed by atoms with Crippen molar-refractivity contribution in [1.29, 1.82) is 0 Å². The summed E-state index contributed by atoms with van der Waals surface area (Å²) in [6.45, 7) is 2.75. The van der Waals surface area contributed by atoms with Crippen molar-refractivity contribution in [3.05, 3.63) is 95.9 Å². The van der Waals surface area contributed by atoms with Crippen LogP contribution in [0.4, 0.5) is 5.82 Å². The van der Waals surface area contributed by atoms with Crippen LogP contribution in [0, 0.1) is 0 Å². The van der Waals surface area contributed by atoms with Crippen molar-refractivity contribution < 1.29 is 4.79 Å². The van der Waals surface area contributed by atoms with Gasteiger partial charge in [-0.1, -0.05) is 49.4 Å². The minimum absolute atomic E-state index is 0.0966. The Labute approximate surface area is 169 Å². The van der Waals surface area contributed by atoms with E-state index in [1.165, 1.54) is 5.56 Å². The van der Waals surface area contributed by atoms with Gasteiger partial charge in [0.2, 0.25) is 5.91 Å². The Kier molecular flexibility index (Phi) is 5.52. The summed E-state index contributed by atoms with van der Waals surface area (Å²) in [5.74, 6) is 0.589. The second-order valence-corrected chi connectivity index (χ2v) is 6.90. The van der Waals surface area contributed by atoms with Crippen molar-refractivity contribution in [2.24, 2.45) is 0 Å². The molecule has 0 radical (unpaired) electrons. The summed E-state index contributed by atoms with van der Waals surface area (Å²) in [7, 11) is 0. The molecule has 6 heteroatoms. The maximum absolute atomic E-state index is 12.5. The predicted molar refractivity (Wildman–Crippen MR) is 113 cm³/mol. The molecule has 0 aliphatic heterocycles. The van der Waals surface area contributed by atoms with E-state index in [4.69, 9.17) is 0 Å². The van der Waals surface area contributed by atoms with Crippen LogP contribution in [0.3, 0.4) is 0 Å². The number of rotatable bonds is 7. The summed E-state index contributed by atoms with van der Waals surface area (Å²) >= 11 is 0. The maximum Gasteiger partial charge on any atom is 0.230 e. The summed E-state index contributed by atoms with van der Waals surface area (Å²) in [6, 6.07) is 20.1. The van der Waals surface area contributed by atoms with Crippen LogP contribution in [-0.4, -0.2) is 25.5 Å². The van der Waals surface area contributed by atoms with Crippen LogP contribution in [0.2, 0.25) is 0 Å². The zero-order valence-corrected chi connectivity index (χ0v) is 16.3. The number of hydrogen-bond acceptors (Lipinski definition) is 3. The number of benzene rings is 2. The number of nitrogens with one attached hydrogen (secondary N) is 1. The van der Waals surface area contributed by atoms with Crippen molar-refractivity contribution in [2.75, 3.05) is 5.32 Å². The standard InChI is InChI=1S/C23H23N5O/c1-2-18-8-10-19(11-9-18)16-28-22(12-13-24-28)26-23(29)14-20-15-25-27(17-20)21-6-4-3-5-7-21/h3-13,15,17H,2,14,16H2,1H3,(H,26,29). The number of carbonyl (C=O) groups is 1. The first-order valence-electron chi connectivity index (χ1n) is 9.69. The smallest absolute Gasteiger partial charge is 0.230 e. The summed E-state index contributed by atoms with van der Waals surface area (Å²) < 4.78 is 3.57. The average Bonchev–Trinajstić information content (AvgIpc) is 3.39. The molecule has 0 saturated heterocycles. The van der Waals surface area contributed by atoms with E-state index in [0.29, 0.717) is 12.4 Å². The molecule has 2 heterocycles. The van der Waals surface area contributed by atoms with Gasteiger partial charge in [-0.05, 0) is 35.2 Å². The average molecular weight is 385 g/mol. The fourth-order valence-electron chi connectivity index (χ4n) is 3.16. The van der Waals surface area contributed by atoms with Gasteiger partial charge in [-0.25, -0.2) is 9.36 Å². The van der Waals surface area contributed by atoms with Crippen molar-refractivity contribution in [2.45, 2.75) is 26.3 Å². The monoisotopic (exact) mass is 385 g/mol. The molecule has 1 amide bonds. The molecule has 0 atom stereocenters. The SMILES string of the molecule is CCc1ccc(Cn2nccc2NC(=O)Cc2cnn(-c3ccccc3)c2)cc1. The number of carbonyl (C=O) groups excluding carboxylic acids is 1. The first-order chi connectivity index (χ1) is 14.2. The molecule has 0 spiro atoms. The minimum Gasteiger partial charge on any atom is -0.311 e. The number of anilines is 1. The van der Waals surface area contributed by atoms with Gasteiger partial charge >= 0.3 is 0 Å². The first-order valence-corrected chi connectivity index (χ1v) is 9.69. The minimum atomic E-state index is -0.0966. The molecule has 0 fully saturated rings. The molecule has 0 saturated carbocycles. The Balaban J connectivity index is 1.39. The van der Waals surface area contributed by atoms with Crippen LogP contribution in [0.25, 0.3) is 5.69 Å². The molecule has 0 aliphatic carbocycles. The van der Waals surface area contributed by atoms with Gasteiger partial charge in [0, 0.05) is 12.3 Å². The van der Waals surface area contributed by atoms with E-state index in [1.54, 1.807) is 21.8 Å². The third-order valence-corrected chi connectivity index (χ3v) is 4.77. The Hall–Kier alpha value is -3.67. The third-order valence-electron chi connectivity index (χ3n) is 4.77. The van der Waals surface area contributed by atoms with Gasteiger partial charge in [0.15, 0.2) is 0 Å². The lowest BCUT2D eigenvalue weighted by Crippen LogP contribution is -2.17. The number of para-hydroxylation sites is 1. The fourth-order valence-corrected chi connectivity index (χ4v) is 3.16. The quantitative estimate of drug-likeness (QED) is 0.525. The number of nitrogens with zero attached hydrogens (tertiary/aromatic N) is 4. The van der Waals surface area contributed by atoms with E-state index in [9.17, 15) is 4.79 Å². The molecule has 146 valence electrons. The maximum atomic E-state index is 12.5. The van der Waals surface area contributed by atoms with E-state index in [1.807, 2.05) is 42.6 Å². The number of hydrogen-bond donors (Lipinski definition) is 1. The summed E-state index contributed by atoms with van der Waals surface area (Å²) in [4.78, 5) is 12.5. The van der Waals surface area contributed by atoms with Crippen LogP contribution in [0.15, 0.2) is 79.3 Å². The predicted octanol–water partition coefficient (Wildman–Crippen LogP) is 3.86. The summed E-state index contributed by atoms with van der Waals surface area (Å²) in [5.41, 5.74) is 4.27. The molecule has 2 aromatic heterocycles. The Bertz CT molecular complexity index is 1080. The van der Waals surface area contributed by atoms with Crippen molar-refractivity contribution in [3.63, 3.8) is 0 Å². The Morgan fingerprint density at radius 3 is 2.45 bits per heavy atom. The van der Waals surface area contributed by atoms with E-state index in [0.717, 1.165) is 23.2 Å². The van der Waals surface area contributed by atoms with Gasteiger partial charge in [0.05, 0.1) is 31.0 Å². The lowest BCUT2D eigenvalue weighted by Gasteiger charge is -2.09. The second-order valence-electron chi connectivity index (χ2n) is 6.90. The molecule has 1 N–H and O–H groups in total. The lowest BCUT2D eigenvalue weighted by molar-refractivity contribution is -0.115. The fraction of sp³-hybridized carbons (Fsp3) is 0.174. The second kappa shape index (κ2) is 8.56. The molecule has 0 bridgehead atoms. The van der Waals surface area contributed by atoms with Crippen LogP contribution >= 0.6 is 0 Å². The zero-order valence-electron chi connectivity index (χ0n) is 16.3. The number of aromatic nitrogens is 4. The van der Waals surface area contributed by atoms with Gasteiger partial charge in [-0.15, -0.1) is 0 Å². The van der Waals surface area contributed by atoms with Crippen molar-refractivity contribution in [1.82, 2.24) is 19.6 Å². The summed E-state index contributed by atoms with van der Waals surface area (Å²) in [6.07, 6.45) is 6.57. The molecular formula is C23H23N5O. The molecule has 0 unspecified atom stereocenters. The van der Waals surface area contributed by atoms with Crippen molar-refractivity contribution in [3.8, 4) is 5.69 Å². The normalized spacial score (nSPS) is 10.8. The van der Waals surface area contributed by atoms with Crippen LogP contribution in [0.5, 0.6) is 0 Å². The van der Waals surface area contributed by atoms with E-state index in [-0.39, 0.29) is 12.3 Å². The van der Waals surface area contributed by atoms with Gasteiger partial charge in [0.1, 0.15) is 5.82 Å². The van der Waals surface area contributed by atoms with Gasteiger partial charge in [-0.3, -0.25) is 4.79 Å². The Morgan fingerprint density at radius 1 is 0.931 bits per heavy atom. The number of amides is 1. The molecule has 4 aromatic rings. The van der Waals surface area contributed by atoms with Crippen molar-refractivity contribution >= 4 is 11.7 Å². The van der Waals surface area contributed by atoms with Gasteiger partial charge < -0.3 is 5.32 Å². The van der Waals surface area contributed by atoms with E-state index in [2.05, 4.69) is 46.7 Å². The molecule has 2 aromatic carbocycles. The first kappa shape index (κ1) is 18.7. The third kappa shape index (κ3) is 4.60. The van der Waals surface area contributed by atoms with Crippen LogP contribution < -0.4 is 5.32 Å². The highest BCUT2D eigenvalue weighted by Gasteiger charge is 2.10. The van der Waals surface area contributed by atoms with Gasteiger partial charge in [-0.2, -0.15) is 10.2 Å². The molecule has 29 heavy (non-hydrogen) atoms. The largest absolute Gasteiger partial charge is 0.311 e. The molecule has 0 aliphatic rings. The highest BCUT2D eigenvalue weighted by molar-refractivity contribution is 5.91. The molecule has 6 nitrogen and oxygen atoms in total. The van der Waals surface area contributed by atoms with Crippen LogP contribution in [0.1, 0.15) is 23.6 Å². The molecular weight excluding hydrogens is 362 g/mol. The van der Waals surface area contributed by atoms with E-state index < -0.39 is 0 Å². The molecule has 4 rings (SSSR count). The topological polar surface area (TPSA) is 64.7 Å². The Morgan fingerprint density at radius 2 is 1.69 bits per heavy atom. The highest BCUT2D eigenvalue weighted by atomic mass is 16.1. The summed E-state index contributed by atoms with van der Waals surface area (Å²) in [5, 5.41) is 11.6. The van der Waals surface area contributed by atoms with Crippen LogP contribution in [-0.2, 0) is 24.2 Å².